The minimum Gasteiger partial charge on any atom is -0.493 e. The summed E-state index contributed by atoms with van der Waals surface area (Å²) in [6.07, 6.45) is 2.46. The number of carbonyl (C=O) groups excluding carboxylic acids is 1. The minimum absolute atomic E-state index is 0.0760. The zero-order valence-corrected chi connectivity index (χ0v) is 13.8. The number of fused-ring (bicyclic) bond motifs is 1. The monoisotopic (exact) mass is 324 g/mol. The van der Waals surface area contributed by atoms with Crippen LogP contribution in [0, 0.1) is 0 Å². The zero-order valence-electron chi connectivity index (χ0n) is 13.8. The molecule has 0 saturated carbocycles. The van der Waals surface area contributed by atoms with Gasteiger partial charge in [0.05, 0.1) is 19.8 Å². The summed E-state index contributed by atoms with van der Waals surface area (Å²) in [5.74, 6) is 1.31. The van der Waals surface area contributed by atoms with E-state index >= 15 is 0 Å². The molecule has 5 heteroatoms. The summed E-state index contributed by atoms with van der Waals surface area (Å²) >= 11 is 0. The molecule has 0 saturated heterocycles. The third-order valence-corrected chi connectivity index (χ3v) is 3.98. The second-order valence-electron chi connectivity index (χ2n) is 5.44. The molecular formula is C19H20N2O3. The average Bonchev–Trinajstić information content (AvgIpc) is 3.05. The van der Waals surface area contributed by atoms with E-state index in [2.05, 4.69) is 10.3 Å². The summed E-state index contributed by atoms with van der Waals surface area (Å²) in [6, 6.07) is 13.5. The van der Waals surface area contributed by atoms with E-state index in [1.54, 1.807) is 20.4 Å². The number of nitrogens with one attached hydrogen (secondary N) is 2. The number of para-hydroxylation sites is 1. The fraction of sp³-hybridized carbons (Fsp3) is 0.211. The third kappa shape index (κ3) is 3.20. The van der Waals surface area contributed by atoms with Crippen LogP contribution < -0.4 is 14.8 Å². The molecular weight excluding hydrogens is 304 g/mol. The van der Waals surface area contributed by atoms with Gasteiger partial charge in [0, 0.05) is 23.6 Å². The molecule has 0 aliphatic carbocycles. The Morgan fingerprint density at radius 3 is 2.67 bits per heavy atom. The van der Waals surface area contributed by atoms with Crippen LogP contribution in [0.4, 0.5) is 0 Å². The van der Waals surface area contributed by atoms with E-state index in [-0.39, 0.29) is 5.91 Å². The van der Waals surface area contributed by atoms with Crippen molar-refractivity contribution in [3.63, 3.8) is 0 Å². The number of ether oxygens (including phenoxy) is 2. The summed E-state index contributed by atoms with van der Waals surface area (Å²) < 4.78 is 10.5. The Morgan fingerprint density at radius 2 is 1.88 bits per heavy atom. The second-order valence-corrected chi connectivity index (χ2v) is 5.44. The van der Waals surface area contributed by atoms with Gasteiger partial charge in [0.1, 0.15) is 0 Å². The smallest absolute Gasteiger partial charge is 0.253 e. The predicted octanol–water partition coefficient (Wildman–Crippen LogP) is 3.16. The van der Waals surface area contributed by atoms with Crippen LogP contribution in [-0.2, 0) is 6.42 Å². The molecule has 0 radical (unpaired) electrons. The molecule has 1 aromatic heterocycles. The first-order chi connectivity index (χ1) is 11.7. The van der Waals surface area contributed by atoms with Crippen LogP contribution in [0.5, 0.6) is 11.5 Å². The highest BCUT2D eigenvalue weighted by atomic mass is 16.5. The lowest BCUT2D eigenvalue weighted by Gasteiger charge is -2.10. The SMILES string of the molecule is COc1ccc(CCNC(=O)c2c[nH]c3ccccc23)cc1OC. The van der Waals surface area contributed by atoms with E-state index in [1.165, 1.54) is 0 Å². The van der Waals surface area contributed by atoms with E-state index < -0.39 is 0 Å². The summed E-state index contributed by atoms with van der Waals surface area (Å²) in [5.41, 5.74) is 2.70. The maximum absolute atomic E-state index is 12.4. The normalized spacial score (nSPS) is 10.6. The fourth-order valence-electron chi connectivity index (χ4n) is 2.71. The standard InChI is InChI=1S/C19H20N2O3/c1-23-17-8-7-13(11-18(17)24-2)9-10-20-19(22)15-12-21-16-6-4-3-5-14(15)16/h3-8,11-12,21H,9-10H2,1-2H3,(H,20,22). The molecule has 0 aliphatic rings. The number of aromatic amines is 1. The molecule has 2 N–H and O–H groups in total. The van der Waals surface area contributed by atoms with Crippen LogP contribution in [0.1, 0.15) is 15.9 Å². The van der Waals surface area contributed by atoms with Gasteiger partial charge in [0.25, 0.3) is 5.91 Å². The Kier molecular flexibility index (Phi) is 4.70. The Hall–Kier alpha value is -2.95. The van der Waals surface area contributed by atoms with Gasteiger partial charge in [-0.3, -0.25) is 4.79 Å². The number of hydrogen-bond acceptors (Lipinski definition) is 3. The Labute approximate surface area is 140 Å². The molecule has 124 valence electrons. The van der Waals surface area contributed by atoms with Crippen LogP contribution in [0.15, 0.2) is 48.7 Å². The van der Waals surface area contributed by atoms with Gasteiger partial charge in [0.2, 0.25) is 0 Å². The number of H-pyrrole nitrogens is 1. The van der Waals surface area contributed by atoms with Gasteiger partial charge >= 0.3 is 0 Å². The van der Waals surface area contributed by atoms with Crippen molar-refractivity contribution < 1.29 is 14.3 Å². The topological polar surface area (TPSA) is 63.3 Å². The molecule has 0 bridgehead atoms. The summed E-state index contributed by atoms with van der Waals surface area (Å²) in [7, 11) is 3.22. The Bertz CT molecular complexity index is 855. The van der Waals surface area contributed by atoms with Crippen LogP contribution in [-0.4, -0.2) is 31.7 Å². The number of aromatic nitrogens is 1. The van der Waals surface area contributed by atoms with Crippen LogP contribution >= 0.6 is 0 Å². The lowest BCUT2D eigenvalue weighted by Crippen LogP contribution is -2.25. The Balaban J connectivity index is 1.63. The van der Waals surface area contributed by atoms with Gasteiger partial charge in [-0.2, -0.15) is 0 Å². The zero-order chi connectivity index (χ0) is 16.9. The van der Waals surface area contributed by atoms with Gasteiger partial charge in [-0.15, -0.1) is 0 Å². The van der Waals surface area contributed by atoms with E-state index in [1.807, 2.05) is 42.5 Å². The molecule has 24 heavy (non-hydrogen) atoms. The highest BCUT2D eigenvalue weighted by molar-refractivity contribution is 6.06. The molecule has 2 aromatic carbocycles. The quantitative estimate of drug-likeness (QED) is 0.732. The van der Waals surface area contributed by atoms with Crippen molar-refractivity contribution in [3.05, 3.63) is 59.8 Å². The van der Waals surface area contributed by atoms with Gasteiger partial charge in [-0.1, -0.05) is 24.3 Å². The van der Waals surface area contributed by atoms with Crippen LogP contribution in [0.25, 0.3) is 10.9 Å². The maximum Gasteiger partial charge on any atom is 0.253 e. The number of hydrogen-bond donors (Lipinski definition) is 2. The number of carbonyl (C=O) groups is 1. The summed E-state index contributed by atoms with van der Waals surface area (Å²) in [5, 5.41) is 3.89. The minimum atomic E-state index is -0.0760. The maximum atomic E-state index is 12.4. The Morgan fingerprint density at radius 1 is 1.08 bits per heavy atom. The van der Waals surface area contributed by atoms with Gasteiger partial charge in [0.15, 0.2) is 11.5 Å². The average molecular weight is 324 g/mol. The van der Waals surface area contributed by atoms with Crippen molar-refractivity contribution in [2.24, 2.45) is 0 Å². The molecule has 0 unspecified atom stereocenters. The highest BCUT2D eigenvalue weighted by Gasteiger charge is 2.11. The van der Waals surface area contributed by atoms with Crippen LogP contribution in [0.2, 0.25) is 0 Å². The molecule has 5 nitrogen and oxygen atoms in total. The molecule has 1 heterocycles. The van der Waals surface area contributed by atoms with Gasteiger partial charge in [-0.25, -0.2) is 0 Å². The van der Waals surface area contributed by atoms with Crippen molar-refractivity contribution in [2.75, 3.05) is 20.8 Å². The molecule has 0 aliphatic heterocycles. The van der Waals surface area contributed by atoms with Crippen molar-refractivity contribution in [2.45, 2.75) is 6.42 Å². The molecule has 0 atom stereocenters. The molecule has 1 amide bonds. The summed E-state index contributed by atoms with van der Waals surface area (Å²) in [6.45, 7) is 0.549. The van der Waals surface area contributed by atoms with Crippen molar-refractivity contribution in [1.82, 2.24) is 10.3 Å². The lowest BCUT2D eigenvalue weighted by atomic mass is 10.1. The van der Waals surface area contributed by atoms with Gasteiger partial charge < -0.3 is 19.8 Å². The van der Waals surface area contributed by atoms with E-state index in [0.717, 1.165) is 16.5 Å². The highest BCUT2D eigenvalue weighted by Crippen LogP contribution is 2.27. The first-order valence-electron chi connectivity index (χ1n) is 7.78. The van der Waals surface area contributed by atoms with Crippen molar-refractivity contribution in [1.29, 1.82) is 0 Å². The fourth-order valence-corrected chi connectivity index (χ4v) is 2.71. The van der Waals surface area contributed by atoms with Crippen LogP contribution in [0.3, 0.4) is 0 Å². The first kappa shape index (κ1) is 15.9. The van der Waals surface area contributed by atoms with Crippen molar-refractivity contribution in [3.8, 4) is 11.5 Å². The number of amides is 1. The number of benzene rings is 2. The number of methoxy groups -OCH3 is 2. The second kappa shape index (κ2) is 7.08. The third-order valence-electron chi connectivity index (χ3n) is 3.98. The predicted molar refractivity (Wildman–Crippen MR) is 93.9 cm³/mol. The first-order valence-corrected chi connectivity index (χ1v) is 7.78. The molecule has 0 spiro atoms. The summed E-state index contributed by atoms with van der Waals surface area (Å²) in [4.78, 5) is 15.5. The van der Waals surface area contributed by atoms with E-state index in [4.69, 9.17) is 9.47 Å². The van der Waals surface area contributed by atoms with Gasteiger partial charge in [-0.05, 0) is 30.2 Å². The number of rotatable bonds is 6. The van der Waals surface area contributed by atoms with E-state index in [0.29, 0.717) is 30.0 Å². The van der Waals surface area contributed by atoms with Crippen molar-refractivity contribution >= 4 is 16.8 Å². The largest absolute Gasteiger partial charge is 0.493 e. The molecule has 3 rings (SSSR count). The molecule has 0 fully saturated rings. The lowest BCUT2D eigenvalue weighted by molar-refractivity contribution is 0.0956. The van der Waals surface area contributed by atoms with E-state index in [9.17, 15) is 4.79 Å². The molecule has 3 aromatic rings.